The summed E-state index contributed by atoms with van der Waals surface area (Å²) in [6.45, 7) is 0. The Morgan fingerprint density at radius 2 is 0.750 bits per heavy atom. The molecule has 0 aromatic carbocycles. The number of ether oxygens (including phenoxy) is 4. The van der Waals surface area contributed by atoms with Gasteiger partial charge in [0.2, 0.25) is 0 Å². The van der Waals surface area contributed by atoms with Crippen molar-refractivity contribution in [2.75, 3.05) is 0 Å². The van der Waals surface area contributed by atoms with Gasteiger partial charge in [-0.3, -0.25) is 19.2 Å². The summed E-state index contributed by atoms with van der Waals surface area (Å²) in [5.74, 6) is -3.79. The molecule has 5 fully saturated rings. The van der Waals surface area contributed by atoms with Gasteiger partial charge in [-0.1, -0.05) is 0 Å². The van der Waals surface area contributed by atoms with Crippen LogP contribution in [-0.2, 0) is 38.1 Å². The largest absolute Gasteiger partial charge is 0.393 e. The van der Waals surface area contributed by atoms with Gasteiger partial charge in [-0.25, -0.2) is 0 Å². The molecule has 0 amide bonds. The average molecular weight is 336 g/mol. The summed E-state index contributed by atoms with van der Waals surface area (Å²) in [6.07, 6.45) is 0.375. The first kappa shape index (κ1) is 14.5. The first-order valence-corrected chi connectivity index (χ1v) is 8.33. The summed E-state index contributed by atoms with van der Waals surface area (Å²) in [4.78, 5) is 47.1. The van der Waals surface area contributed by atoms with Crippen molar-refractivity contribution in [2.24, 2.45) is 23.7 Å². The topological polar surface area (TPSA) is 105 Å². The highest BCUT2D eigenvalue weighted by Crippen LogP contribution is 2.47. The average Bonchev–Trinajstić information content (AvgIpc) is 2.98. The zero-order valence-corrected chi connectivity index (χ0v) is 12.7. The summed E-state index contributed by atoms with van der Waals surface area (Å²) in [6, 6.07) is 0. The Labute approximate surface area is 136 Å². The van der Waals surface area contributed by atoms with Gasteiger partial charge in [0.15, 0.2) is 0 Å². The van der Waals surface area contributed by atoms with Crippen LogP contribution < -0.4 is 0 Å². The lowest BCUT2D eigenvalue weighted by Gasteiger charge is -2.48. The Morgan fingerprint density at radius 3 is 1.00 bits per heavy atom. The fraction of sp³-hybridized carbons (Fsp3) is 0.750. The Bertz CT molecular complexity index is 548. The minimum absolute atomic E-state index is 0.296. The number of hydrogen-bond acceptors (Lipinski definition) is 8. The molecule has 3 heterocycles. The van der Waals surface area contributed by atoms with E-state index in [0.717, 1.165) is 0 Å². The van der Waals surface area contributed by atoms with E-state index in [-0.39, 0.29) is 24.4 Å². The fourth-order valence-electron chi connectivity index (χ4n) is 4.83. The van der Waals surface area contributed by atoms with E-state index in [1.54, 1.807) is 0 Å². The zero-order chi connectivity index (χ0) is 16.6. The second-order valence-electron chi connectivity index (χ2n) is 7.28. The van der Waals surface area contributed by atoms with E-state index in [1.807, 2.05) is 0 Å². The molecule has 0 aromatic rings. The fourth-order valence-corrected chi connectivity index (χ4v) is 4.83. The zero-order valence-electron chi connectivity index (χ0n) is 12.7. The van der Waals surface area contributed by atoms with E-state index in [9.17, 15) is 19.2 Å². The first-order chi connectivity index (χ1) is 11.5. The van der Waals surface area contributed by atoms with Gasteiger partial charge >= 0.3 is 23.9 Å². The van der Waals surface area contributed by atoms with Crippen LogP contribution in [0.5, 0.6) is 0 Å². The molecule has 8 unspecified atom stereocenters. The SMILES string of the molecule is O=C1OC(=O)C2CC3OC4CC5C(=O)OC(=O)C5CC4OC3CC12. The molecule has 0 bridgehead atoms. The number of carbonyl (C=O) groups excluding carboxylic acids is 4. The van der Waals surface area contributed by atoms with Crippen LogP contribution in [0.2, 0.25) is 0 Å². The lowest BCUT2D eigenvalue weighted by atomic mass is 9.74. The second kappa shape index (κ2) is 4.86. The highest BCUT2D eigenvalue weighted by Gasteiger charge is 2.58. The van der Waals surface area contributed by atoms with Crippen molar-refractivity contribution in [1.29, 1.82) is 0 Å². The third-order valence-electron chi connectivity index (χ3n) is 6.06. The van der Waals surface area contributed by atoms with Crippen molar-refractivity contribution in [1.82, 2.24) is 0 Å². The third kappa shape index (κ3) is 1.92. The van der Waals surface area contributed by atoms with Gasteiger partial charge in [-0.2, -0.15) is 0 Å². The lowest BCUT2D eigenvalue weighted by Crippen LogP contribution is -2.56. The summed E-state index contributed by atoms with van der Waals surface area (Å²) in [5.41, 5.74) is 0. The molecular weight excluding hydrogens is 320 g/mol. The number of esters is 4. The first-order valence-electron chi connectivity index (χ1n) is 8.33. The summed E-state index contributed by atoms with van der Waals surface area (Å²) in [7, 11) is 0. The maximum absolute atomic E-state index is 11.8. The van der Waals surface area contributed by atoms with Crippen LogP contribution in [0, 0.1) is 23.7 Å². The molecule has 0 spiro atoms. The molecule has 24 heavy (non-hydrogen) atoms. The molecule has 2 aliphatic carbocycles. The van der Waals surface area contributed by atoms with Crippen LogP contribution >= 0.6 is 0 Å². The van der Waals surface area contributed by atoms with Crippen molar-refractivity contribution in [2.45, 2.75) is 50.1 Å². The van der Waals surface area contributed by atoms with Crippen molar-refractivity contribution in [3.63, 3.8) is 0 Å². The minimum Gasteiger partial charge on any atom is -0.393 e. The molecule has 3 saturated heterocycles. The monoisotopic (exact) mass is 336 g/mol. The van der Waals surface area contributed by atoms with Crippen molar-refractivity contribution >= 4 is 23.9 Å². The van der Waals surface area contributed by atoms with Crippen LogP contribution in [0.4, 0.5) is 0 Å². The van der Waals surface area contributed by atoms with Gasteiger partial charge in [0, 0.05) is 0 Å². The normalized spacial score (nSPS) is 49.7. The highest BCUT2D eigenvalue weighted by molar-refractivity contribution is 5.97. The van der Waals surface area contributed by atoms with Gasteiger partial charge in [-0.05, 0) is 25.7 Å². The Hall–Kier alpha value is -1.80. The van der Waals surface area contributed by atoms with E-state index in [2.05, 4.69) is 0 Å². The summed E-state index contributed by atoms with van der Waals surface area (Å²) in [5, 5.41) is 0. The quantitative estimate of drug-likeness (QED) is 0.440. The maximum atomic E-state index is 11.8. The predicted octanol–water partition coefficient (Wildman–Crippen LogP) is -0.273. The van der Waals surface area contributed by atoms with E-state index in [0.29, 0.717) is 25.7 Å². The Balaban J connectivity index is 1.36. The van der Waals surface area contributed by atoms with Gasteiger partial charge < -0.3 is 18.9 Å². The molecule has 8 atom stereocenters. The van der Waals surface area contributed by atoms with Crippen molar-refractivity contribution in [3.05, 3.63) is 0 Å². The molecule has 0 aromatic heterocycles. The van der Waals surface area contributed by atoms with E-state index < -0.39 is 47.5 Å². The van der Waals surface area contributed by atoms with Crippen molar-refractivity contribution < 1.29 is 38.1 Å². The van der Waals surface area contributed by atoms with Gasteiger partial charge in [0.1, 0.15) is 0 Å². The molecule has 3 aliphatic heterocycles. The van der Waals surface area contributed by atoms with Gasteiger partial charge in [0.25, 0.3) is 0 Å². The Kier molecular flexibility index (Phi) is 2.94. The Morgan fingerprint density at radius 1 is 0.500 bits per heavy atom. The minimum atomic E-state index is -0.483. The van der Waals surface area contributed by atoms with Crippen LogP contribution in [0.25, 0.3) is 0 Å². The summed E-state index contributed by atoms with van der Waals surface area (Å²) < 4.78 is 21.7. The van der Waals surface area contributed by atoms with E-state index in [1.165, 1.54) is 0 Å². The molecular formula is C16H16O8. The van der Waals surface area contributed by atoms with Gasteiger partial charge in [0.05, 0.1) is 48.1 Å². The molecule has 0 radical (unpaired) electrons. The second-order valence-corrected chi connectivity index (χ2v) is 7.28. The van der Waals surface area contributed by atoms with Crippen LogP contribution in [0.1, 0.15) is 25.7 Å². The molecule has 5 rings (SSSR count). The number of hydrogen-bond donors (Lipinski definition) is 0. The van der Waals surface area contributed by atoms with Gasteiger partial charge in [-0.15, -0.1) is 0 Å². The summed E-state index contributed by atoms with van der Waals surface area (Å²) >= 11 is 0. The van der Waals surface area contributed by atoms with E-state index >= 15 is 0 Å². The maximum Gasteiger partial charge on any atom is 0.317 e. The number of carbonyl (C=O) groups is 4. The predicted molar refractivity (Wildman–Crippen MR) is 71.9 cm³/mol. The number of rotatable bonds is 0. The van der Waals surface area contributed by atoms with Crippen molar-refractivity contribution in [3.8, 4) is 0 Å². The highest BCUT2D eigenvalue weighted by atomic mass is 16.6. The smallest absolute Gasteiger partial charge is 0.317 e. The molecule has 2 saturated carbocycles. The van der Waals surface area contributed by atoms with Crippen LogP contribution in [-0.4, -0.2) is 48.3 Å². The van der Waals surface area contributed by atoms with Crippen LogP contribution in [0.15, 0.2) is 0 Å². The molecule has 8 nitrogen and oxygen atoms in total. The number of cyclic esters (lactones) is 4. The number of fused-ring (bicyclic) bond motifs is 4. The molecule has 0 N–H and O–H groups in total. The lowest BCUT2D eigenvalue weighted by molar-refractivity contribution is -0.253. The standard InChI is InChI=1S/C16H16O8/c17-13-5-1-9-10(2-6(5)14(18)23-13)22-12-4-8-7(3-11(12)21-9)15(19)24-16(8)20/h5-12H,1-4H2. The third-order valence-corrected chi connectivity index (χ3v) is 6.06. The van der Waals surface area contributed by atoms with Crippen LogP contribution in [0.3, 0.4) is 0 Å². The molecule has 128 valence electrons. The molecule has 5 aliphatic rings. The molecule has 8 heteroatoms. The van der Waals surface area contributed by atoms with E-state index in [4.69, 9.17) is 18.9 Å².